The van der Waals surface area contributed by atoms with Gasteiger partial charge in [-0.2, -0.15) is 0 Å². The van der Waals surface area contributed by atoms with Crippen molar-refractivity contribution in [2.75, 3.05) is 12.9 Å². The molecule has 0 spiro atoms. The van der Waals surface area contributed by atoms with Gasteiger partial charge in [0, 0.05) is 4.90 Å². The first kappa shape index (κ1) is 13.9. The minimum Gasteiger partial charge on any atom is -0.497 e. The molecule has 84 valence electrons. The first-order valence-corrected chi connectivity index (χ1v) is 4.98. The molecule has 0 saturated heterocycles. The highest BCUT2D eigenvalue weighted by atomic mass is 35.5. The Bertz CT molecular complexity index is 316. The quantitative estimate of drug-likeness (QED) is 0.281. The van der Waals surface area contributed by atoms with Gasteiger partial charge in [-0.25, -0.2) is 0 Å². The summed E-state index contributed by atoms with van der Waals surface area (Å²) in [5.41, 5.74) is 5.33. The average molecular weight is 249 g/mol. The maximum Gasteiger partial charge on any atom is 0.149 e. The monoisotopic (exact) mass is 248 g/mol. The number of rotatable bonds is 4. The predicted molar refractivity (Wildman–Crippen MR) is 64.4 cm³/mol. The average Bonchev–Trinajstić information content (AvgIpc) is 2.26. The maximum absolute atomic E-state index is 8.32. The molecule has 0 bridgehead atoms. The lowest BCUT2D eigenvalue weighted by Crippen LogP contribution is -2.13. The van der Waals surface area contributed by atoms with E-state index in [4.69, 9.17) is 15.7 Å². The van der Waals surface area contributed by atoms with E-state index in [9.17, 15) is 0 Å². The van der Waals surface area contributed by atoms with Gasteiger partial charge in [0.15, 0.2) is 0 Å². The summed E-state index contributed by atoms with van der Waals surface area (Å²) in [5.74, 6) is 1.51. The van der Waals surface area contributed by atoms with Crippen LogP contribution in [0.1, 0.15) is 0 Å². The molecule has 0 fully saturated rings. The van der Waals surface area contributed by atoms with Crippen LogP contribution >= 0.6 is 24.2 Å². The molecule has 0 atom stereocenters. The van der Waals surface area contributed by atoms with Crippen LogP contribution in [-0.4, -0.2) is 23.9 Å². The van der Waals surface area contributed by atoms with Crippen molar-refractivity contribution in [1.29, 1.82) is 0 Å². The lowest BCUT2D eigenvalue weighted by molar-refractivity contribution is 0.318. The van der Waals surface area contributed by atoms with Crippen LogP contribution in [0.2, 0.25) is 0 Å². The van der Waals surface area contributed by atoms with Crippen molar-refractivity contribution in [1.82, 2.24) is 0 Å². The molecule has 6 heteroatoms. The third-order valence-corrected chi connectivity index (χ3v) is 2.62. The van der Waals surface area contributed by atoms with Crippen molar-refractivity contribution in [3.63, 3.8) is 0 Å². The Labute approximate surface area is 98.9 Å². The summed E-state index contributed by atoms with van der Waals surface area (Å²) < 4.78 is 5.02. The van der Waals surface area contributed by atoms with Crippen LogP contribution in [0.3, 0.4) is 0 Å². The molecule has 0 amide bonds. The van der Waals surface area contributed by atoms with Gasteiger partial charge in [-0.15, -0.1) is 24.2 Å². The van der Waals surface area contributed by atoms with Gasteiger partial charge >= 0.3 is 0 Å². The van der Waals surface area contributed by atoms with Gasteiger partial charge < -0.3 is 15.7 Å². The molecule has 1 aromatic rings. The summed E-state index contributed by atoms with van der Waals surface area (Å²) in [7, 11) is 1.62. The lowest BCUT2D eigenvalue weighted by atomic mass is 10.3. The van der Waals surface area contributed by atoms with E-state index in [-0.39, 0.29) is 18.2 Å². The Hall–Kier alpha value is -1.07. The predicted octanol–water partition coefficient (Wildman–Crippen LogP) is 1.96. The minimum atomic E-state index is 0. The SMILES string of the molecule is COc1ccc(SC/C(N)=N/O)cc1.Cl. The molecule has 0 aliphatic heterocycles. The highest BCUT2D eigenvalue weighted by Crippen LogP contribution is 2.20. The lowest BCUT2D eigenvalue weighted by Gasteiger charge is -2.02. The fraction of sp³-hybridized carbons (Fsp3) is 0.222. The number of nitrogens with two attached hydrogens (primary N) is 1. The van der Waals surface area contributed by atoms with Crippen molar-refractivity contribution in [2.45, 2.75) is 4.90 Å². The normalized spacial score (nSPS) is 10.6. The van der Waals surface area contributed by atoms with E-state index < -0.39 is 0 Å². The summed E-state index contributed by atoms with van der Waals surface area (Å²) in [4.78, 5) is 1.05. The van der Waals surface area contributed by atoms with Crippen molar-refractivity contribution in [3.8, 4) is 5.75 Å². The fourth-order valence-electron chi connectivity index (χ4n) is 0.858. The fourth-order valence-corrected chi connectivity index (χ4v) is 1.56. The van der Waals surface area contributed by atoms with Crippen LogP contribution in [0.5, 0.6) is 5.75 Å². The van der Waals surface area contributed by atoms with Crippen molar-refractivity contribution >= 4 is 30.0 Å². The molecular weight excluding hydrogens is 236 g/mol. The zero-order valence-electron chi connectivity index (χ0n) is 8.21. The second-order valence-electron chi connectivity index (χ2n) is 2.56. The van der Waals surface area contributed by atoms with Crippen LogP contribution in [-0.2, 0) is 0 Å². The molecule has 1 rings (SSSR count). The van der Waals surface area contributed by atoms with E-state index in [0.29, 0.717) is 5.75 Å². The van der Waals surface area contributed by atoms with Gasteiger partial charge in [-0.3, -0.25) is 0 Å². The number of benzene rings is 1. The van der Waals surface area contributed by atoms with E-state index in [1.165, 1.54) is 11.8 Å². The summed E-state index contributed by atoms with van der Waals surface area (Å²) in [6, 6.07) is 7.59. The number of methoxy groups -OCH3 is 1. The third kappa shape index (κ3) is 4.80. The number of hydrogen-bond donors (Lipinski definition) is 2. The number of halogens is 1. The van der Waals surface area contributed by atoms with Gasteiger partial charge in [-0.1, -0.05) is 5.16 Å². The first-order chi connectivity index (χ1) is 6.76. The van der Waals surface area contributed by atoms with Gasteiger partial charge in [0.05, 0.1) is 12.9 Å². The molecule has 1 aromatic carbocycles. The van der Waals surface area contributed by atoms with Gasteiger partial charge in [-0.05, 0) is 24.3 Å². The van der Waals surface area contributed by atoms with Gasteiger partial charge in [0.2, 0.25) is 0 Å². The molecule has 3 N–H and O–H groups in total. The van der Waals surface area contributed by atoms with Gasteiger partial charge in [0.1, 0.15) is 11.6 Å². The van der Waals surface area contributed by atoms with E-state index in [0.717, 1.165) is 10.6 Å². The number of thioether (sulfide) groups is 1. The highest BCUT2D eigenvalue weighted by Gasteiger charge is 1.97. The summed E-state index contributed by atoms with van der Waals surface area (Å²) >= 11 is 1.50. The minimum absolute atomic E-state index is 0. The van der Waals surface area contributed by atoms with E-state index >= 15 is 0 Å². The Kier molecular flexibility index (Phi) is 6.73. The Morgan fingerprint density at radius 1 is 1.47 bits per heavy atom. The van der Waals surface area contributed by atoms with Crippen molar-refractivity contribution in [2.24, 2.45) is 10.9 Å². The van der Waals surface area contributed by atoms with E-state index in [2.05, 4.69) is 5.16 Å². The van der Waals surface area contributed by atoms with Crippen LogP contribution in [0, 0.1) is 0 Å². The van der Waals surface area contributed by atoms with E-state index in [1.54, 1.807) is 7.11 Å². The second-order valence-corrected chi connectivity index (χ2v) is 3.60. The zero-order chi connectivity index (χ0) is 10.4. The molecule has 0 aromatic heterocycles. The number of hydrogen-bond acceptors (Lipinski definition) is 4. The Morgan fingerprint density at radius 3 is 2.53 bits per heavy atom. The van der Waals surface area contributed by atoms with Crippen molar-refractivity contribution in [3.05, 3.63) is 24.3 Å². The smallest absolute Gasteiger partial charge is 0.149 e. The zero-order valence-corrected chi connectivity index (χ0v) is 9.85. The highest BCUT2D eigenvalue weighted by molar-refractivity contribution is 8.00. The molecular formula is C9H13ClN2O2S. The molecule has 15 heavy (non-hydrogen) atoms. The Morgan fingerprint density at radius 2 is 2.07 bits per heavy atom. The summed E-state index contributed by atoms with van der Waals surface area (Å²) in [6.07, 6.45) is 0. The molecule has 0 saturated carbocycles. The number of ether oxygens (including phenoxy) is 1. The molecule has 0 aliphatic rings. The van der Waals surface area contributed by atoms with Crippen LogP contribution in [0.15, 0.2) is 34.3 Å². The van der Waals surface area contributed by atoms with Crippen LogP contribution in [0.4, 0.5) is 0 Å². The van der Waals surface area contributed by atoms with Crippen LogP contribution < -0.4 is 10.5 Å². The maximum atomic E-state index is 8.32. The molecule has 4 nitrogen and oxygen atoms in total. The molecule has 0 unspecified atom stereocenters. The molecule has 0 radical (unpaired) electrons. The van der Waals surface area contributed by atoms with Crippen LogP contribution in [0.25, 0.3) is 0 Å². The third-order valence-electron chi connectivity index (χ3n) is 1.57. The molecule has 0 heterocycles. The van der Waals surface area contributed by atoms with E-state index in [1.807, 2.05) is 24.3 Å². The molecule has 0 aliphatic carbocycles. The topological polar surface area (TPSA) is 67.8 Å². The standard InChI is InChI=1S/C9H12N2O2S.ClH/c1-13-7-2-4-8(5-3-7)14-6-9(10)11-12;/h2-5,12H,6H2,1H3,(H2,10,11);1H. The largest absolute Gasteiger partial charge is 0.497 e. The first-order valence-electron chi connectivity index (χ1n) is 3.99. The second kappa shape index (κ2) is 7.25. The summed E-state index contributed by atoms with van der Waals surface area (Å²) in [5, 5.41) is 11.2. The Balaban J connectivity index is 0.00000196. The number of nitrogens with zero attached hydrogens (tertiary/aromatic N) is 1. The van der Waals surface area contributed by atoms with Gasteiger partial charge in [0.25, 0.3) is 0 Å². The van der Waals surface area contributed by atoms with Crippen molar-refractivity contribution < 1.29 is 9.94 Å². The summed E-state index contributed by atoms with van der Waals surface area (Å²) in [6.45, 7) is 0. The number of oxime groups is 1. The number of amidine groups is 1.